The molecule has 1 aromatic carbocycles. The zero-order chi connectivity index (χ0) is 17.9. The van der Waals surface area contributed by atoms with Crippen LogP contribution in [0.2, 0.25) is 0 Å². The lowest BCUT2D eigenvalue weighted by atomic mass is 10.2. The lowest BCUT2D eigenvalue weighted by molar-refractivity contribution is 0.102. The summed E-state index contributed by atoms with van der Waals surface area (Å²) in [5, 5.41) is 0. The fraction of sp³-hybridized carbons (Fsp3) is 0.375. The molecule has 1 aromatic heterocycles. The third-order valence-corrected chi connectivity index (χ3v) is 5.44. The van der Waals surface area contributed by atoms with Crippen molar-refractivity contribution in [3.05, 3.63) is 45.2 Å². The van der Waals surface area contributed by atoms with Crippen molar-refractivity contribution in [2.24, 2.45) is 4.99 Å². The molecule has 0 saturated heterocycles. The van der Waals surface area contributed by atoms with Crippen molar-refractivity contribution < 1.29 is 13.2 Å². The number of rotatable bonds is 6. The minimum atomic E-state index is -3.21. The molecule has 130 valence electrons. The van der Waals surface area contributed by atoms with E-state index in [4.69, 9.17) is 0 Å². The summed E-state index contributed by atoms with van der Waals surface area (Å²) >= 11 is 1.39. The maximum absolute atomic E-state index is 11.7. The van der Waals surface area contributed by atoms with Gasteiger partial charge in [0.25, 0.3) is 0 Å². The van der Waals surface area contributed by atoms with Crippen molar-refractivity contribution in [3.8, 4) is 0 Å². The highest BCUT2D eigenvalue weighted by Gasteiger charge is 2.12. The van der Waals surface area contributed by atoms with Gasteiger partial charge in [-0.25, -0.2) is 18.1 Å². The van der Waals surface area contributed by atoms with E-state index in [2.05, 4.69) is 9.71 Å². The van der Waals surface area contributed by atoms with Crippen LogP contribution in [0.25, 0.3) is 0 Å². The van der Waals surface area contributed by atoms with Crippen LogP contribution in [-0.4, -0.2) is 25.0 Å². The summed E-state index contributed by atoms with van der Waals surface area (Å²) in [6, 6.07) is 7.34. The Morgan fingerprint density at radius 3 is 2.42 bits per heavy atom. The number of ketones is 1. The second kappa shape index (κ2) is 7.42. The van der Waals surface area contributed by atoms with Crippen LogP contribution in [0.15, 0.2) is 29.3 Å². The summed E-state index contributed by atoms with van der Waals surface area (Å²) in [7, 11) is -3.21. The molecule has 6 nitrogen and oxygen atoms in total. The van der Waals surface area contributed by atoms with Gasteiger partial charge in [0, 0.05) is 25.7 Å². The normalized spacial score (nSPS) is 12.6. The lowest BCUT2D eigenvalue weighted by Crippen LogP contribution is -2.21. The van der Waals surface area contributed by atoms with Crippen LogP contribution in [0.5, 0.6) is 0 Å². The topological polar surface area (TPSA) is 80.5 Å². The number of carbonyl (C=O) groups is 1. The van der Waals surface area contributed by atoms with Crippen LogP contribution in [0.4, 0.5) is 5.69 Å². The van der Waals surface area contributed by atoms with Crippen LogP contribution in [0.1, 0.15) is 34.8 Å². The first-order valence-corrected chi connectivity index (χ1v) is 10.2. The molecule has 0 amide bonds. The third-order valence-electron chi connectivity index (χ3n) is 3.49. The molecule has 0 saturated carbocycles. The van der Waals surface area contributed by atoms with Crippen LogP contribution in [0, 0.1) is 6.92 Å². The maximum atomic E-state index is 11.7. The fourth-order valence-corrected chi connectivity index (χ4v) is 3.82. The van der Waals surface area contributed by atoms with Gasteiger partial charge in [-0.05, 0) is 31.5 Å². The van der Waals surface area contributed by atoms with Gasteiger partial charge in [-0.1, -0.05) is 23.5 Å². The predicted molar refractivity (Wildman–Crippen MR) is 96.1 cm³/mol. The van der Waals surface area contributed by atoms with Crippen LogP contribution in [0.3, 0.4) is 0 Å². The van der Waals surface area contributed by atoms with Crippen molar-refractivity contribution in [2.75, 3.05) is 6.26 Å². The maximum Gasteiger partial charge on any atom is 0.209 e. The van der Waals surface area contributed by atoms with E-state index in [1.54, 1.807) is 6.92 Å². The van der Waals surface area contributed by atoms with Gasteiger partial charge >= 0.3 is 0 Å². The molecule has 0 fully saturated rings. The quantitative estimate of drug-likeness (QED) is 0.796. The number of benzene rings is 1. The van der Waals surface area contributed by atoms with Gasteiger partial charge in [0.15, 0.2) is 10.6 Å². The summed E-state index contributed by atoms with van der Waals surface area (Å²) in [4.78, 5) is 17.8. The lowest BCUT2D eigenvalue weighted by Gasteiger charge is -2.03. The van der Waals surface area contributed by atoms with E-state index >= 15 is 0 Å². The smallest absolute Gasteiger partial charge is 0.209 e. The molecule has 0 atom stereocenters. The summed E-state index contributed by atoms with van der Waals surface area (Å²) in [6.45, 7) is 6.50. The van der Waals surface area contributed by atoms with Gasteiger partial charge in [0.2, 0.25) is 10.0 Å². The van der Waals surface area contributed by atoms with Gasteiger partial charge in [0.1, 0.15) is 0 Å². The van der Waals surface area contributed by atoms with Crippen molar-refractivity contribution in [1.82, 2.24) is 9.29 Å². The van der Waals surface area contributed by atoms with Gasteiger partial charge in [0.05, 0.1) is 16.8 Å². The first-order chi connectivity index (χ1) is 11.2. The number of hydrogen-bond acceptors (Lipinski definition) is 5. The van der Waals surface area contributed by atoms with Crippen LogP contribution >= 0.6 is 11.3 Å². The molecule has 2 rings (SSSR count). The Bertz CT molecular complexity index is 907. The Hall–Kier alpha value is -1.77. The zero-order valence-corrected chi connectivity index (χ0v) is 15.8. The molecule has 0 bridgehead atoms. The van der Waals surface area contributed by atoms with Crippen molar-refractivity contribution in [2.45, 2.75) is 33.9 Å². The fourth-order valence-electron chi connectivity index (χ4n) is 2.28. The minimum Gasteiger partial charge on any atom is -0.321 e. The monoisotopic (exact) mass is 367 g/mol. The molecular weight excluding hydrogens is 346 g/mol. The van der Waals surface area contributed by atoms with Crippen LogP contribution in [-0.2, 0) is 23.1 Å². The van der Waals surface area contributed by atoms with Gasteiger partial charge in [-0.3, -0.25) is 4.79 Å². The van der Waals surface area contributed by atoms with Crippen molar-refractivity contribution in [1.29, 1.82) is 0 Å². The predicted octanol–water partition coefficient (Wildman–Crippen LogP) is 2.36. The highest BCUT2D eigenvalue weighted by molar-refractivity contribution is 7.88. The zero-order valence-electron chi connectivity index (χ0n) is 14.2. The molecule has 0 aliphatic rings. The second-order valence-electron chi connectivity index (χ2n) is 5.47. The molecule has 8 heteroatoms. The standard InChI is InChI=1S/C16H21N3O3S2/c1-5-19-11(2)15(12(3)20)23-16(19)18-14-8-6-13(7-9-14)10-17-24(4,21)22/h6-9,17H,5,10H2,1-4H3/b18-16-. The summed E-state index contributed by atoms with van der Waals surface area (Å²) in [5.74, 6) is 0.0448. The molecule has 24 heavy (non-hydrogen) atoms. The summed E-state index contributed by atoms with van der Waals surface area (Å²) in [6.07, 6.45) is 1.13. The minimum absolute atomic E-state index is 0.0448. The Morgan fingerprint density at radius 2 is 1.92 bits per heavy atom. The van der Waals surface area contributed by atoms with Crippen molar-refractivity contribution in [3.63, 3.8) is 0 Å². The molecule has 0 spiro atoms. The molecule has 1 N–H and O–H groups in total. The number of aromatic nitrogens is 1. The first-order valence-electron chi connectivity index (χ1n) is 7.50. The summed E-state index contributed by atoms with van der Waals surface area (Å²) < 4.78 is 26.7. The molecule has 0 aliphatic heterocycles. The summed E-state index contributed by atoms with van der Waals surface area (Å²) in [5.41, 5.74) is 2.55. The molecule has 0 radical (unpaired) electrons. The van der Waals surface area contributed by atoms with E-state index < -0.39 is 10.0 Å². The van der Waals surface area contributed by atoms with E-state index in [9.17, 15) is 13.2 Å². The second-order valence-corrected chi connectivity index (χ2v) is 8.28. The van der Waals surface area contributed by atoms with E-state index in [0.29, 0.717) is 0 Å². The molecule has 0 aliphatic carbocycles. The third kappa shape index (κ3) is 4.62. The van der Waals surface area contributed by atoms with E-state index in [1.807, 2.05) is 42.7 Å². The highest BCUT2D eigenvalue weighted by Crippen LogP contribution is 2.16. The Balaban J connectivity index is 2.32. The number of Topliss-reactive ketones (excluding diaryl/α,β-unsaturated/α-hetero) is 1. The average Bonchev–Trinajstić information content (AvgIpc) is 2.82. The number of nitrogens with one attached hydrogen (secondary N) is 1. The largest absolute Gasteiger partial charge is 0.321 e. The number of hydrogen-bond donors (Lipinski definition) is 1. The molecular formula is C16H21N3O3S2. The van der Waals surface area contributed by atoms with E-state index in [1.165, 1.54) is 11.3 Å². The highest BCUT2D eigenvalue weighted by atomic mass is 32.2. The van der Waals surface area contributed by atoms with E-state index in [-0.39, 0.29) is 12.3 Å². The van der Waals surface area contributed by atoms with E-state index in [0.717, 1.165) is 39.4 Å². The Labute approximate surface area is 145 Å². The molecule has 1 heterocycles. The first kappa shape index (κ1) is 18.6. The molecule has 2 aromatic rings. The van der Waals surface area contributed by atoms with Gasteiger partial charge < -0.3 is 4.57 Å². The number of carbonyl (C=O) groups excluding carboxylic acids is 1. The molecule has 0 unspecified atom stereocenters. The van der Waals surface area contributed by atoms with Crippen LogP contribution < -0.4 is 9.52 Å². The number of thiazole rings is 1. The van der Waals surface area contributed by atoms with Crippen molar-refractivity contribution >= 4 is 32.8 Å². The Kier molecular flexibility index (Phi) is 5.74. The van der Waals surface area contributed by atoms with Gasteiger partial charge in [-0.15, -0.1) is 0 Å². The van der Waals surface area contributed by atoms with Gasteiger partial charge in [-0.2, -0.15) is 0 Å². The number of nitrogens with zero attached hydrogens (tertiary/aromatic N) is 2. The SMILES string of the molecule is CCn1c(C)c(C(C)=O)s/c1=N\c1ccc(CNS(C)(=O)=O)cc1. The number of sulfonamides is 1. The Morgan fingerprint density at radius 1 is 1.29 bits per heavy atom. The average molecular weight is 367 g/mol.